The van der Waals surface area contributed by atoms with Crippen molar-refractivity contribution in [2.45, 2.75) is 19.9 Å². The van der Waals surface area contributed by atoms with E-state index in [1.54, 1.807) is 0 Å². The van der Waals surface area contributed by atoms with Gasteiger partial charge in [-0.2, -0.15) is 0 Å². The van der Waals surface area contributed by atoms with E-state index in [9.17, 15) is 4.79 Å². The maximum atomic E-state index is 12.4. The molecule has 0 bridgehead atoms. The number of nitrogens with one attached hydrogen (secondary N) is 1. The third kappa shape index (κ3) is 5.40. The van der Waals surface area contributed by atoms with Crippen molar-refractivity contribution >= 4 is 23.2 Å². The summed E-state index contributed by atoms with van der Waals surface area (Å²) < 4.78 is 5.75. The minimum atomic E-state index is -0.0378. The van der Waals surface area contributed by atoms with Gasteiger partial charge >= 0.3 is 0 Å². The van der Waals surface area contributed by atoms with Crippen LogP contribution in [0.2, 0.25) is 5.02 Å². The lowest BCUT2D eigenvalue weighted by Crippen LogP contribution is -2.49. The molecular formula is C22H28ClN3O2. The number of para-hydroxylation sites is 2. The third-order valence-corrected chi connectivity index (χ3v) is 5.24. The molecule has 2 aromatic rings. The molecule has 0 aliphatic carbocycles. The zero-order chi connectivity index (χ0) is 19.9. The highest BCUT2D eigenvalue weighted by atomic mass is 35.5. The maximum absolute atomic E-state index is 12.4. The zero-order valence-corrected chi connectivity index (χ0v) is 17.3. The Morgan fingerprint density at radius 2 is 1.79 bits per heavy atom. The quantitative estimate of drug-likeness (QED) is 0.767. The molecule has 2 aromatic carbocycles. The van der Waals surface area contributed by atoms with Crippen molar-refractivity contribution in [3.63, 3.8) is 0 Å². The molecule has 0 saturated carbocycles. The van der Waals surface area contributed by atoms with Gasteiger partial charge in [-0.15, -0.1) is 0 Å². The molecule has 28 heavy (non-hydrogen) atoms. The fourth-order valence-electron chi connectivity index (χ4n) is 3.47. The minimum absolute atomic E-state index is 0.0378. The molecular weight excluding hydrogens is 374 g/mol. The molecule has 1 heterocycles. The van der Waals surface area contributed by atoms with Crippen molar-refractivity contribution in [1.82, 2.24) is 10.2 Å². The number of benzene rings is 2. The molecule has 3 rings (SSSR count). The summed E-state index contributed by atoms with van der Waals surface area (Å²) >= 11 is 5.93. The van der Waals surface area contributed by atoms with Gasteiger partial charge in [-0.3, -0.25) is 9.69 Å². The molecule has 5 nitrogen and oxygen atoms in total. The van der Waals surface area contributed by atoms with Gasteiger partial charge in [-0.05, 0) is 43.7 Å². The molecule has 1 N–H and O–H groups in total. The average Bonchev–Trinajstić information content (AvgIpc) is 2.70. The second kappa shape index (κ2) is 9.80. The molecule has 150 valence electrons. The molecule has 0 unspecified atom stereocenters. The van der Waals surface area contributed by atoms with Crippen molar-refractivity contribution in [3.8, 4) is 5.75 Å². The van der Waals surface area contributed by atoms with E-state index >= 15 is 0 Å². The van der Waals surface area contributed by atoms with Crippen LogP contribution < -0.4 is 15.0 Å². The Hall–Kier alpha value is -2.24. The van der Waals surface area contributed by atoms with Gasteiger partial charge < -0.3 is 15.0 Å². The van der Waals surface area contributed by atoms with Crippen LogP contribution in [-0.2, 0) is 4.79 Å². The van der Waals surface area contributed by atoms with Crippen LogP contribution in [0, 0.1) is 0 Å². The Kier molecular flexibility index (Phi) is 7.18. The number of hydrogen-bond acceptors (Lipinski definition) is 4. The Labute approximate surface area is 172 Å². The summed E-state index contributed by atoms with van der Waals surface area (Å²) in [7, 11) is 0. The van der Waals surface area contributed by atoms with Gasteiger partial charge in [0.1, 0.15) is 5.75 Å². The monoisotopic (exact) mass is 401 g/mol. The second-order valence-corrected chi connectivity index (χ2v) is 7.44. The van der Waals surface area contributed by atoms with E-state index in [4.69, 9.17) is 16.3 Å². The summed E-state index contributed by atoms with van der Waals surface area (Å²) in [6, 6.07) is 15.7. The zero-order valence-electron chi connectivity index (χ0n) is 16.5. The van der Waals surface area contributed by atoms with Crippen molar-refractivity contribution in [1.29, 1.82) is 0 Å². The Morgan fingerprint density at radius 1 is 1.11 bits per heavy atom. The topological polar surface area (TPSA) is 44.8 Å². The number of rotatable bonds is 7. The van der Waals surface area contributed by atoms with Crippen molar-refractivity contribution in [2.24, 2.45) is 0 Å². The number of carbonyl (C=O) groups is 1. The SMILES string of the molecule is CCOc1ccccc1N1CCN(CC(=O)N[C@H](C)c2ccc(Cl)cc2)CC1. The first-order valence-corrected chi connectivity index (χ1v) is 10.2. The van der Waals surface area contributed by atoms with Crippen LogP contribution in [0.15, 0.2) is 48.5 Å². The van der Waals surface area contributed by atoms with Crippen LogP contribution in [0.4, 0.5) is 5.69 Å². The first-order valence-electron chi connectivity index (χ1n) is 9.80. The van der Waals surface area contributed by atoms with Crippen LogP contribution in [0.25, 0.3) is 0 Å². The normalized spacial score (nSPS) is 15.9. The smallest absolute Gasteiger partial charge is 0.234 e. The van der Waals surface area contributed by atoms with E-state index in [2.05, 4.69) is 21.2 Å². The summed E-state index contributed by atoms with van der Waals surface area (Å²) in [6.45, 7) is 8.52. The van der Waals surface area contributed by atoms with Crippen molar-refractivity contribution in [3.05, 3.63) is 59.1 Å². The number of carbonyl (C=O) groups excluding carboxylic acids is 1. The molecule has 1 fully saturated rings. The molecule has 6 heteroatoms. The van der Waals surface area contributed by atoms with E-state index in [0.717, 1.165) is 43.2 Å². The van der Waals surface area contributed by atoms with Gasteiger partial charge in [0.15, 0.2) is 0 Å². The van der Waals surface area contributed by atoms with Gasteiger partial charge in [0.25, 0.3) is 0 Å². The summed E-state index contributed by atoms with van der Waals surface area (Å²) in [6.07, 6.45) is 0. The van der Waals surface area contributed by atoms with Crippen LogP contribution >= 0.6 is 11.6 Å². The number of hydrogen-bond donors (Lipinski definition) is 1. The number of anilines is 1. The number of nitrogens with zero attached hydrogens (tertiary/aromatic N) is 2. The summed E-state index contributed by atoms with van der Waals surface area (Å²) in [5.74, 6) is 0.971. The number of ether oxygens (including phenoxy) is 1. The number of halogens is 1. The van der Waals surface area contributed by atoms with E-state index in [1.807, 2.05) is 56.3 Å². The van der Waals surface area contributed by atoms with Crippen LogP contribution in [0.3, 0.4) is 0 Å². The number of piperazine rings is 1. The fourth-order valence-corrected chi connectivity index (χ4v) is 3.59. The molecule has 1 aliphatic heterocycles. The lowest BCUT2D eigenvalue weighted by Gasteiger charge is -2.36. The summed E-state index contributed by atoms with van der Waals surface area (Å²) in [5, 5.41) is 3.77. The van der Waals surface area contributed by atoms with E-state index < -0.39 is 0 Å². The van der Waals surface area contributed by atoms with Crippen LogP contribution in [0.1, 0.15) is 25.5 Å². The predicted octanol–water partition coefficient (Wildman–Crippen LogP) is 3.74. The van der Waals surface area contributed by atoms with Gasteiger partial charge in [-0.1, -0.05) is 35.9 Å². The van der Waals surface area contributed by atoms with Crippen molar-refractivity contribution < 1.29 is 9.53 Å². The van der Waals surface area contributed by atoms with Gasteiger partial charge in [0.05, 0.1) is 24.9 Å². The van der Waals surface area contributed by atoms with Gasteiger partial charge in [0, 0.05) is 31.2 Å². The average molecular weight is 402 g/mol. The van der Waals surface area contributed by atoms with Gasteiger partial charge in [-0.25, -0.2) is 0 Å². The molecule has 1 amide bonds. The molecule has 0 aromatic heterocycles. The fraction of sp³-hybridized carbons (Fsp3) is 0.409. The molecule has 0 radical (unpaired) electrons. The Bertz CT molecular complexity index is 774. The van der Waals surface area contributed by atoms with E-state index in [0.29, 0.717) is 18.2 Å². The molecule has 1 aliphatic rings. The standard InChI is InChI=1S/C22H28ClN3O2/c1-3-28-21-7-5-4-6-20(21)26-14-12-25(13-15-26)16-22(27)24-17(2)18-8-10-19(23)11-9-18/h4-11,17H,3,12-16H2,1-2H3,(H,24,27)/t17-/m1/s1. The highest BCUT2D eigenvalue weighted by Gasteiger charge is 2.21. The summed E-state index contributed by atoms with van der Waals surface area (Å²) in [4.78, 5) is 17.0. The highest BCUT2D eigenvalue weighted by molar-refractivity contribution is 6.30. The van der Waals surface area contributed by atoms with Gasteiger partial charge in [0.2, 0.25) is 5.91 Å². The van der Waals surface area contributed by atoms with E-state index in [-0.39, 0.29) is 11.9 Å². The second-order valence-electron chi connectivity index (χ2n) is 7.00. The number of amides is 1. The largest absolute Gasteiger partial charge is 0.492 e. The molecule has 1 atom stereocenters. The molecule has 0 spiro atoms. The first-order chi connectivity index (χ1) is 13.6. The molecule has 1 saturated heterocycles. The van der Waals surface area contributed by atoms with E-state index in [1.165, 1.54) is 0 Å². The van der Waals surface area contributed by atoms with Crippen LogP contribution in [0.5, 0.6) is 5.75 Å². The van der Waals surface area contributed by atoms with Crippen molar-refractivity contribution in [2.75, 3.05) is 44.2 Å². The highest BCUT2D eigenvalue weighted by Crippen LogP contribution is 2.28. The Balaban J connectivity index is 1.49. The predicted molar refractivity (Wildman–Crippen MR) is 114 cm³/mol. The van der Waals surface area contributed by atoms with Crippen LogP contribution in [-0.4, -0.2) is 50.1 Å². The first kappa shape index (κ1) is 20.5. The third-order valence-electron chi connectivity index (χ3n) is 4.99. The minimum Gasteiger partial charge on any atom is -0.492 e. The summed E-state index contributed by atoms with van der Waals surface area (Å²) in [5.41, 5.74) is 2.18. The lowest BCUT2D eigenvalue weighted by molar-refractivity contribution is -0.123. The maximum Gasteiger partial charge on any atom is 0.234 e. The Morgan fingerprint density at radius 3 is 2.46 bits per heavy atom. The lowest BCUT2D eigenvalue weighted by atomic mass is 10.1.